The first-order valence-electron chi connectivity index (χ1n) is 12.1. The van der Waals surface area contributed by atoms with Crippen molar-refractivity contribution in [1.82, 2.24) is 24.4 Å². The summed E-state index contributed by atoms with van der Waals surface area (Å²) in [7, 11) is 0. The zero-order chi connectivity index (χ0) is 27.1. The van der Waals surface area contributed by atoms with E-state index in [0.29, 0.717) is 16.6 Å². The molecule has 0 aliphatic heterocycles. The Morgan fingerprint density at radius 1 is 0.872 bits per heavy atom. The Balaban J connectivity index is 1.33. The minimum absolute atomic E-state index is 0.0936. The zero-order valence-corrected chi connectivity index (χ0v) is 20.6. The largest absolute Gasteiger partial charge is 0.433 e. The molecule has 0 unspecified atom stereocenters. The van der Waals surface area contributed by atoms with E-state index in [4.69, 9.17) is 0 Å². The standard InChI is InChI=1S/C29H21F3N6O/c1-18-13-26(36-37(18)17-19-7-3-2-4-8-19)34-28(39)24-16-27-33-23(15-25(29(30,31)32)38(27)35-24)22-12-11-20-9-5-6-10-21(20)14-22/h2-16H,17H2,1H3,(H,34,36,39). The van der Waals surface area contributed by atoms with E-state index in [2.05, 4.69) is 20.5 Å². The van der Waals surface area contributed by atoms with E-state index in [-0.39, 0.29) is 22.9 Å². The van der Waals surface area contributed by atoms with Gasteiger partial charge in [-0.2, -0.15) is 23.4 Å². The van der Waals surface area contributed by atoms with Crippen LogP contribution < -0.4 is 5.32 Å². The Kier molecular flexibility index (Phi) is 5.86. The van der Waals surface area contributed by atoms with Crippen LogP contribution in [-0.2, 0) is 12.7 Å². The molecule has 7 nitrogen and oxygen atoms in total. The molecule has 1 N–H and O–H groups in total. The first-order chi connectivity index (χ1) is 18.7. The number of alkyl halides is 3. The number of aryl methyl sites for hydroxylation is 1. The summed E-state index contributed by atoms with van der Waals surface area (Å²) in [5.41, 5.74) is 1.16. The highest BCUT2D eigenvalue weighted by Crippen LogP contribution is 2.33. The minimum atomic E-state index is -4.72. The Hall–Kier alpha value is -4.99. The third-order valence-electron chi connectivity index (χ3n) is 6.39. The van der Waals surface area contributed by atoms with Gasteiger partial charge < -0.3 is 5.32 Å². The van der Waals surface area contributed by atoms with E-state index in [1.165, 1.54) is 6.07 Å². The number of aromatic nitrogens is 5. The number of halogens is 3. The molecule has 6 rings (SSSR count). The lowest BCUT2D eigenvalue weighted by molar-refractivity contribution is -0.142. The summed E-state index contributed by atoms with van der Waals surface area (Å²) < 4.78 is 44.5. The van der Waals surface area contributed by atoms with Crippen LogP contribution in [0.4, 0.5) is 19.0 Å². The fourth-order valence-electron chi connectivity index (χ4n) is 4.45. The van der Waals surface area contributed by atoms with Crippen molar-refractivity contribution in [2.75, 3.05) is 5.32 Å². The lowest BCUT2D eigenvalue weighted by Crippen LogP contribution is -2.16. The van der Waals surface area contributed by atoms with Gasteiger partial charge in [-0.05, 0) is 35.4 Å². The van der Waals surface area contributed by atoms with E-state index >= 15 is 0 Å². The van der Waals surface area contributed by atoms with Crippen molar-refractivity contribution < 1.29 is 18.0 Å². The molecule has 0 aliphatic carbocycles. The van der Waals surface area contributed by atoms with Crippen LogP contribution in [0, 0.1) is 6.92 Å². The molecule has 0 saturated carbocycles. The maximum absolute atomic E-state index is 14.0. The number of amides is 1. The molecule has 39 heavy (non-hydrogen) atoms. The number of hydrogen-bond acceptors (Lipinski definition) is 4. The van der Waals surface area contributed by atoms with E-state index in [0.717, 1.165) is 28.1 Å². The van der Waals surface area contributed by atoms with Gasteiger partial charge in [0.1, 0.15) is 0 Å². The average molecular weight is 527 g/mol. The molecule has 0 bridgehead atoms. The molecule has 0 spiro atoms. The Bertz CT molecular complexity index is 1840. The second-order valence-electron chi connectivity index (χ2n) is 9.15. The van der Waals surface area contributed by atoms with Gasteiger partial charge in [-0.15, -0.1) is 0 Å². The van der Waals surface area contributed by atoms with Crippen molar-refractivity contribution in [2.24, 2.45) is 0 Å². The van der Waals surface area contributed by atoms with Crippen LogP contribution in [0.2, 0.25) is 0 Å². The molecule has 0 aliphatic rings. The number of rotatable bonds is 5. The number of anilines is 1. The topological polar surface area (TPSA) is 77.1 Å². The van der Waals surface area contributed by atoms with Crippen LogP contribution in [0.1, 0.15) is 27.4 Å². The normalized spacial score (nSPS) is 11.8. The molecular weight excluding hydrogens is 505 g/mol. The van der Waals surface area contributed by atoms with Gasteiger partial charge in [0.05, 0.1) is 12.2 Å². The number of carbonyl (C=O) groups is 1. The van der Waals surface area contributed by atoms with Gasteiger partial charge >= 0.3 is 6.18 Å². The van der Waals surface area contributed by atoms with Crippen LogP contribution in [-0.4, -0.2) is 30.3 Å². The van der Waals surface area contributed by atoms with E-state index < -0.39 is 17.8 Å². The fourth-order valence-corrected chi connectivity index (χ4v) is 4.45. The molecule has 10 heteroatoms. The monoisotopic (exact) mass is 526 g/mol. The third-order valence-corrected chi connectivity index (χ3v) is 6.39. The van der Waals surface area contributed by atoms with Gasteiger partial charge in [0.2, 0.25) is 0 Å². The van der Waals surface area contributed by atoms with Crippen molar-refractivity contribution in [1.29, 1.82) is 0 Å². The summed E-state index contributed by atoms with van der Waals surface area (Å²) in [6, 6.07) is 26.5. The lowest BCUT2D eigenvalue weighted by atomic mass is 10.0. The third kappa shape index (κ3) is 4.84. The predicted molar refractivity (Wildman–Crippen MR) is 141 cm³/mol. The highest BCUT2D eigenvalue weighted by Gasteiger charge is 2.35. The highest BCUT2D eigenvalue weighted by atomic mass is 19.4. The molecule has 0 radical (unpaired) electrons. The quantitative estimate of drug-likeness (QED) is 0.283. The number of nitrogens with one attached hydrogen (secondary N) is 1. The maximum Gasteiger partial charge on any atom is 0.433 e. The highest BCUT2D eigenvalue weighted by molar-refractivity contribution is 6.03. The SMILES string of the molecule is Cc1cc(NC(=O)c2cc3nc(-c4ccc5ccccc5c4)cc(C(F)(F)F)n3n2)nn1Cc1ccccc1. The van der Waals surface area contributed by atoms with Gasteiger partial charge in [-0.25, -0.2) is 9.50 Å². The molecule has 194 valence electrons. The van der Waals surface area contributed by atoms with Crippen molar-refractivity contribution in [3.8, 4) is 11.3 Å². The number of nitrogens with zero attached hydrogens (tertiary/aromatic N) is 5. The van der Waals surface area contributed by atoms with Crippen molar-refractivity contribution in [3.63, 3.8) is 0 Å². The molecule has 6 aromatic rings. The summed E-state index contributed by atoms with van der Waals surface area (Å²) in [6.45, 7) is 2.36. The summed E-state index contributed by atoms with van der Waals surface area (Å²) in [6.07, 6.45) is -4.72. The average Bonchev–Trinajstić information content (AvgIpc) is 3.50. The Morgan fingerprint density at radius 3 is 2.38 bits per heavy atom. The molecule has 3 aromatic heterocycles. The Morgan fingerprint density at radius 2 is 1.62 bits per heavy atom. The summed E-state index contributed by atoms with van der Waals surface area (Å²) in [4.78, 5) is 17.4. The molecule has 0 saturated heterocycles. The van der Waals surface area contributed by atoms with Crippen molar-refractivity contribution in [3.05, 3.63) is 114 Å². The van der Waals surface area contributed by atoms with Crippen LogP contribution in [0.3, 0.4) is 0 Å². The van der Waals surface area contributed by atoms with Gasteiger partial charge in [0.25, 0.3) is 5.91 Å². The number of hydrogen-bond donors (Lipinski definition) is 1. The van der Waals surface area contributed by atoms with Gasteiger partial charge in [-0.3, -0.25) is 9.48 Å². The minimum Gasteiger partial charge on any atom is -0.304 e. The summed E-state index contributed by atoms with van der Waals surface area (Å²) in [5.74, 6) is -0.420. The first kappa shape index (κ1) is 24.4. The van der Waals surface area contributed by atoms with E-state index in [1.807, 2.05) is 67.6 Å². The lowest BCUT2D eigenvalue weighted by Gasteiger charge is -2.11. The van der Waals surface area contributed by atoms with Gasteiger partial charge in [0, 0.05) is 23.4 Å². The molecular formula is C29H21F3N6O. The molecule has 0 fully saturated rings. The van der Waals surface area contributed by atoms with Gasteiger partial charge in [0.15, 0.2) is 22.9 Å². The smallest absolute Gasteiger partial charge is 0.304 e. The van der Waals surface area contributed by atoms with E-state index in [1.54, 1.807) is 22.9 Å². The summed E-state index contributed by atoms with van der Waals surface area (Å²) in [5, 5.41) is 12.8. The number of fused-ring (bicyclic) bond motifs is 2. The molecule has 1 amide bonds. The molecule has 0 atom stereocenters. The van der Waals surface area contributed by atoms with Gasteiger partial charge in [-0.1, -0.05) is 66.7 Å². The second-order valence-corrected chi connectivity index (χ2v) is 9.15. The maximum atomic E-state index is 14.0. The first-order valence-corrected chi connectivity index (χ1v) is 12.1. The Labute approximate surface area is 220 Å². The number of benzene rings is 3. The molecule has 3 heterocycles. The zero-order valence-electron chi connectivity index (χ0n) is 20.6. The number of carbonyl (C=O) groups excluding carboxylic acids is 1. The van der Waals surface area contributed by atoms with E-state index in [9.17, 15) is 18.0 Å². The van der Waals surface area contributed by atoms with Crippen molar-refractivity contribution in [2.45, 2.75) is 19.6 Å². The van der Waals surface area contributed by atoms with Crippen LogP contribution in [0.5, 0.6) is 0 Å². The molecule has 3 aromatic carbocycles. The van der Waals surface area contributed by atoms with Crippen LogP contribution in [0.25, 0.3) is 27.7 Å². The summed E-state index contributed by atoms with van der Waals surface area (Å²) >= 11 is 0. The van der Waals surface area contributed by atoms with Crippen molar-refractivity contribution >= 4 is 28.1 Å². The predicted octanol–water partition coefficient (Wildman–Crippen LogP) is 6.37. The fraction of sp³-hybridized carbons (Fsp3) is 0.103. The van der Waals surface area contributed by atoms with Crippen LogP contribution in [0.15, 0.2) is 91.0 Å². The second kappa shape index (κ2) is 9.39. The van der Waals surface area contributed by atoms with Crippen LogP contribution >= 0.6 is 0 Å².